The molecule has 0 saturated heterocycles. The number of nitrogens with one attached hydrogen (secondary N) is 1. The van der Waals surface area contributed by atoms with E-state index in [1.54, 1.807) is 11.3 Å². The molecule has 0 fully saturated rings. The first-order chi connectivity index (χ1) is 13.8. The van der Waals surface area contributed by atoms with Gasteiger partial charge in [-0.1, -0.05) is 30.8 Å². The van der Waals surface area contributed by atoms with Crippen molar-refractivity contribution in [3.05, 3.63) is 46.2 Å². The average molecular weight is 441 g/mol. The molecule has 1 amide bonds. The van der Waals surface area contributed by atoms with E-state index in [1.807, 2.05) is 16.9 Å². The Morgan fingerprint density at radius 1 is 1.24 bits per heavy atom. The third kappa shape index (κ3) is 4.99. The molecule has 0 saturated carbocycles. The largest absolute Gasteiger partial charge is 0.418 e. The van der Waals surface area contributed by atoms with Crippen molar-refractivity contribution in [3.63, 3.8) is 0 Å². The van der Waals surface area contributed by atoms with Crippen LogP contribution >= 0.6 is 23.1 Å². The number of carbonyl (C=O) groups is 1. The van der Waals surface area contributed by atoms with E-state index >= 15 is 0 Å². The summed E-state index contributed by atoms with van der Waals surface area (Å²) >= 11 is 2.79. The summed E-state index contributed by atoms with van der Waals surface area (Å²) in [6.45, 7) is 4.64. The smallest absolute Gasteiger partial charge is 0.325 e. The molecule has 0 atom stereocenters. The topological polar surface area (TPSA) is 59.8 Å². The van der Waals surface area contributed by atoms with Crippen LogP contribution < -0.4 is 5.32 Å². The predicted octanol–water partition coefficient (Wildman–Crippen LogP) is 5.34. The maximum atomic E-state index is 13.1. The van der Waals surface area contributed by atoms with Gasteiger partial charge in [-0.2, -0.15) is 13.2 Å². The predicted molar refractivity (Wildman–Crippen MR) is 109 cm³/mol. The van der Waals surface area contributed by atoms with E-state index in [4.69, 9.17) is 0 Å². The summed E-state index contributed by atoms with van der Waals surface area (Å²) in [5, 5.41) is 13.3. The molecule has 0 aliphatic heterocycles. The van der Waals surface area contributed by atoms with Gasteiger partial charge in [-0.25, -0.2) is 0 Å². The van der Waals surface area contributed by atoms with Crippen LogP contribution in [0.25, 0.3) is 11.4 Å². The molecule has 3 rings (SSSR count). The highest BCUT2D eigenvalue weighted by molar-refractivity contribution is 7.99. The van der Waals surface area contributed by atoms with Crippen molar-refractivity contribution in [1.29, 1.82) is 0 Å². The molecule has 2 aromatic heterocycles. The van der Waals surface area contributed by atoms with Gasteiger partial charge in [0.05, 0.1) is 17.0 Å². The fraction of sp³-hybridized carbons (Fsp3) is 0.316. The Balaban J connectivity index is 1.70. The molecule has 154 valence electrons. The number of halogens is 3. The lowest BCUT2D eigenvalue weighted by Crippen LogP contribution is -2.18. The Kier molecular flexibility index (Phi) is 6.63. The highest BCUT2D eigenvalue weighted by atomic mass is 32.2. The number of alkyl halides is 3. The third-order valence-corrected chi connectivity index (χ3v) is 6.18. The van der Waals surface area contributed by atoms with Gasteiger partial charge in [0, 0.05) is 22.4 Å². The van der Waals surface area contributed by atoms with Gasteiger partial charge in [-0.15, -0.1) is 21.5 Å². The van der Waals surface area contributed by atoms with Crippen LogP contribution in [0.5, 0.6) is 0 Å². The normalized spacial score (nSPS) is 11.6. The molecule has 1 aromatic carbocycles. The Morgan fingerprint density at radius 2 is 2.00 bits per heavy atom. The first-order valence-corrected chi connectivity index (χ1v) is 10.8. The van der Waals surface area contributed by atoms with Gasteiger partial charge in [-0.3, -0.25) is 4.79 Å². The number of rotatable bonds is 7. The van der Waals surface area contributed by atoms with Gasteiger partial charge in [0.25, 0.3) is 0 Å². The van der Waals surface area contributed by atoms with Crippen molar-refractivity contribution in [3.8, 4) is 11.4 Å². The molecule has 0 spiro atoms. The number of benzene rings is 1. The van der Waals surface area contributed by atoms with E-state index in [0.29, 0.717) is 17.5 Å². The minimum absolute atomic E-state index is 0.0752. The lowest BCUT2D eigenvalue weighted by molar-refractivity contribution is -0.137. The van der Waals surface area contributed by atoms with E-state index in [0.717, 1.165) is 29.8 Å². The fourth-order valence-electron chi connectivity index (χ4n) is 2.73. The minimum Gasteiger partial charge on any atom is -0.325 e. The van der Waals surface area contributed by atoms with Crippen molar-refractivity contribution in [1.82, 2.24) is 14.8 Å². The number of thiophene rings is 1. The number of hydrogen-bond acceptors (Lipinski definition) is 5. The van der Waals surface area contributed by atoms with Gasteiger partial charge in [0.1, 0.15) is 0 Å². The molecular weight excluding hydrogens is 421 g/mol. The third-order valence-electron chi connectivity index (χ3n) is 4.13. The first-order valence-electron chi connectivity index (χ1n) is 8.93. The summed E-state index contributed by atoms with van der Waals surface area (Å²) in [5.74, 6) is 0.102. The number of amides is 1. The SMILES string of the molecule is CCc1cc(-c2nnc(SCC(=O)Nc3ccccc3C(F)(F)F)n2CC)cs1. The number of para-hydroxylation sites is 1. The Bertz CT molecular complexity index is 998. The minimum atomic E-state index is -4.54. The highest BCUT2D eigenvalue weighted by Gasteiger charge is 2.33. The number of anilines is 1. The standard InChI is InChI=1S/C19H19F3N4OS2/c1-3-13-9-12(10-28-13)17-24-25-18(26(17)4-2)29-11-16(27)23-15-8-6-5-7-14(15)19(20,21)22/h5-10H,3-4,11H2,1-2H3,(H,23,27). The number of thioether (sulfide) groups is 1. The lowest BCUT2D eigenvalue weighted by atomic mass is 10.1. The number of aryl methyl sites for hydroxylation is 1. The summed E-state index contributed by atoms with van der Waals surface area (Å²) in [5.41, 5.74) is -0.160. The molecule has 0 unspecified atom stereocenters. The van der Waals surface area contributed by atoms with Crippen LogP contribution in [0, 0.1) is 0 Å². The van der Waals surface area contributed by atoms with E-state index in [1.165, 1.54) is 23.1 Å². The second-order valence-corrected chi connectivity index (χ2v) is 8.02. The molecular formula is C19H19F3N4OS2. The molecule has 0 radical (unpaired) electrons. The summed E-state index contributed by atoms with van der Waals surface area (Å²) in [4.78, 5) is 13.5. The zero-order valence-corrected chi connectivity index (χ0v) is 17.4. The second kappa shape index (κ2) is 9.00. The molecule has 0 bridgehead atoms. The van der Waals surface area contributed by atoms with Crippen LogP contribution in [-0.2, 0) is 23.9 Å². The van der Waals surface area contributed by atoms with Crippen molar-refractivity contribution < 1.29 is 18.0 Å². The van der Waals surface area contributed by atoms with Crippen LogP contribution in [-0.4, -0.2) is 26.4 Å². The molecule has 0 aliphatic rings. The van der Waals surface area contributed by atoms with Gasteiger partial charge in [0.15, 0.2) is 11.0 Å². The van der Waals surface area contributed by atoms with Gasteiger partial charge < -0.3 is 9.88 Å². The van der Waals surface area contributed by atoms with E-state index in [2.05, 4.69) is 28.5 Å². The van der Waals surface area contributed by atoms with Crippen molar-refractivity contribution in [2.75, 3.05) is 11.1 Å². The summed E-state index contributed by atoms with van der Waals surface area (Å²) in [6.07, 6.45) is -3.60. The van der Waals surface area contributed by atoms with E-state index in [-0.39, 0.29) is 11.4 Å². The maximum Gasteiger partial charge on any atom is 0.418 e. The Labute approximate surface area is 174 Å². The quantitative estimate of drug-likeness (QED) is 0.504. The zero-order chi connectivity index (χ0) is 21.0. The molecule has 0 aliphatic carbocycles. The number of carbonyl (C=O) groups excluding carboxylic acids is 1. The zero-order valence-electron chi connectivity index (χ0n) is 15.8. The molecule has 10 heteroatoms. The van der Waals surface area contributed by atoms with Crippen LogP contribution in [0.1, 0.15) is 24.3 Å². The second-order valence-electron chi connectivity index (χ2n) is 6.09. The number of hydrogen-bond donors (Lipinski definition) is 1. The van der Waals surface area contributed by atoms with Crippen LogP contribution in [0.4, 0.5) is 18.9 Å². The summed E-state index contributed by atoms with van der Waals surface area (Å²) in [7, 11) is 0. The van der Waals surface area contributed by atoms with Gasteiger partial charge >= 0.3 is 6.18 Å². The van der Waals surface area contributed by atoms with Gasteiger partial charge in [-0.05, 0) is 31.5 Å². The molecule has 3 aromatic rings. The molecule has 29 heavy (non-hydrogen) atoms. The van der Waals surface area contributed by atoms with Crippen LogP contribution in [0.3, 0.4) is 0 Å². The Morgan fingerprint density at radius 3 is 2.66 bits per heavy atom. The highest BCUT2D eigenvalue weighted by Crippen LogP contribution is 2.34. The molecule has 2 heterocycles. The van der Waals surface area contributed by atoms with Crippen molar-refractivity contribution in [2.24, 2.45) is 0 Å². The van der Waals surface area contributed by atoms with Gasteiger partial charge in [0.2, 0.25) is 5.91 Å². The summed E-state index contributed by atoms with van der Waals surface area (Å²) < 4.78 is 41.1. The lowest BCUT2D eigenvalue weighted by Gasteiger charge is -2.13. The van der Waals surface area contributed by atoms with E-state index < -0.39 is 17.6 Å². The van der Waals surface area contributed by atoms with Crippen LogP contribution in [0.15, 0.2) is 40.9 Å². The van der Waals surface area contributed by atoms with Crippen molar-refractivity contribution >= 4 is 34.7 Å². The monoisotopic (exact) mass is 440 g/mol. The average Bonchev–Trinajstić information content (AvgIpc) is 3.32. The van der Waals surface area contributed by atoms with E-state index in [9.17, 15) is 18.0 Å². The summed E-state index contributed by atoms with van der Waals surface area (Å²) in [6, 6.07) is 6.97. The molecule has 5 nitrogen and oxygen atoms in total. The van der Waals surface area contributed by atoms with Crippen molar-refractivity contribution in [2.45, 2.75) is 38.1 Å². The first kappa shape index (κ1) is 21.4. The maximum absolute atomic E-state index is 13.1. The molecule has 1 N–H and O–H groups in total. The van der Waals surface area contributed by atoms with Crippen LogP contribution in [0.2, 0.25) is 0 Å². The Hall–Kier alpha value is -2.33. The number of aromatic nitrogens is 3. The fourth-order valence-corrected chi connectivity index (χ4v) is 4.35. The number of nitrogens with zero attached hydrogens (tertiary/aromatic N) is 3.